The van der Waals surface area contributed by atoms with Gasteiger partial charge in [0.25, 0.3) is 0 Å². The highest BCUT2D eigenvalue weighted by Gasteiger charge is 2.38. The highest BCUT2D eigenvalue weighted by molar-refractivity contribution is 5.82. The third-order valence-corrected chi connectivity index (χ3v) is 3.29. The highest BCUT2D eigenvalue weighted by Crippen LogP contribution is 2.31. The van der Waals surface area contributed by atoms with E-state index >= 15 is 0 Å². The largest absolute Gasteiger partial charge is 0.444 e. The first-order chi connectivity index (χ1) is 8.18. The number of hydrogen-bond acceptors (Lipinski definition) is 3. The summed E-state index contributed by atoms with van der Waals surface area (Å²) in [5, 5.41) is 2.68. The molecule has 0 aliphatic carbocycles. The van der Waals surface area contributed by atoms with Crippen LogP contribution in [0.4, 0.5) is 4.79 Å². The quantitative estimate of drug-likeness (QED) is 0.778. The van der Waals surface area contributed by atoms with Crippen LogP contribution < -0.4 is 5.32 Å². The zero-order valence-electron chi connectivity index (χ0n) is 12.0. The zero-order chi connectivity index (χ0) is 14.0. The maximum absolute atomic E-state index is 11.9. The van der Waals surface area contributed by atoms with Crippen LogP contribution in [-0.4, -0.2) is 42.6 Å². The molecular weight excluding hydrogens is 232 g/mol. The number of ether oxygens (including phenoxy) is 1. The molecule has 104 valence electrons. The van der Waals surface area contributed by atoms with Crippen molar-refractivity contribution in [2.45, 2.75) is 46.1 Å². The lowest BCUT2D eigenvalue weighted by atomic mass is 9.79. The van der Waals surface area contributed by atoms with E-state index in [0.717, 1.165) is 0 Å². The van der Waals surface area contributed by atoms with Crippen molar-refractivity contribution in [3.8, 4) is 0 Å². The van der Waals surface area contributed by atoms with Crippen LogP contribution in [0.3, 0.4) is 0 Å². The molecule has 1 N–H and O–H groups in total. The summed E-state index contributed by atoms with van der Waals surface area (Å²) >= 11 is 0. The van der Waals surface area contributed by atoms with Gasteiger partial charge in [-0.2, -0.15) is 0 Å². The number of carbonyl (C=O) groups excluding carboxylic acids is 2. The molecule has 0 aromatic carbocycles. The molecule has 0 aromatic rings. The van der Waals surface area contributed by atoms with E-state index in [4.69, 9.17) is 4.74 Å². The monoisotopic (exact) mass is 256 g/mol. The van der Waals surface area contributed by atoms with Crippen LogP contribution in [0.25, 0.3) is 0 Å². The highest BCUT2D eigenvalue weighted by atomic mass is 16.6. The molecule has 0 bridgehead atoms. The van der Waals surface area contributed by atoms with E-state index in [-0.39, 0.29) is 17.4 Å². The third-order valence-electron chi connectivity index (χ3n) is 3.29. The second-order valence-corrected chi connectivity index (χ2v) is 6.11. The molecule has 1 saturated heterocycles. The van der Waals surface area contributed by atoms with Gasteiger partial charge in [-0.25, -0.2) is 4.79 Å². The van der Waals surface area contributed by atoms with E-state index in [1.54, 1.807) is 11.9 Å². The van der Waals surface area contributed by atoms with Gasteiger partial charge >= 0.3 is 6.09 Å². The van der Waals surface area contributed by atoms with Gasteiger partial charge in [-0.05, 0) is 33.6 Å². The van der Waals surface area contributed by atoms with Crippen LogP contribution in [0.2, 0.25) is 0 Å². The molecule has 1 rings (SSSR count). The lowest BCUT2D eigenvalue weighted by molar-refractivity contribution is -0.132. The molecule has 0 spiro atoms. The van der Waals surface area contributed by atoms with E-state index in [0.29, 0.717) is 25.9 Å². The molecular formula is C13H24N2O3. The van der Waals surface area contributed by atoms with Crippen LogP contribution in [0.15, 0.2) is 0 Å². The Hall–Kier alpha value is -1.26. The van der Waals surface area contributed by atoms with Crippen LogP contribution in [0.1, 0.15) is 40.5 Å². The molecule has 1 heterocycles. The summed E-state index contributed by atoms with van der Waals surface area (Å²) in [5.41, 5.74) is -0.841. The van der Waals surface area contributed by atoms with Gasteiger partial charge in [0.15, 0.2) is 0 Å². The van der Waals surface area contributed by atoms with E-state index < -0.39 is 5.60 Å². The number of rotatable bonds is 1. The second-order valence-electron chi connectivity index (χ2n) is 6.11. The predicted octanol–water partition coefficient (Wildman–Crippen LogP) is 1.77. The first-order valence-electron chi connectivity index (χ1n) is 6.38. The molecule has 2 amide bonds. The van der Waals surface area contributed by atoms with E-state index in [1.807, 2.05) is 27.7 Å². The molecule has 1 aliphatic heterocycles. The van der Waals surface area contributed by atoms with Gasteiger partial charge in [-0.1, -0.05) is 6.92 Å². The summed E-state index contributed by atoms with van der Waals surface area (Å²) in [6, 6.07) is 0. The van der Waals surface area contributed by atoms with Crippen molar-refractivity contribution in [3.63, 3.8) is 0 Å². The van der Waals surface area contributed by atoms with Crippen molar-refractivity contribution in [1.29, 1.82) is 0 Å². The lowest BCUT2D eigenvalue weighted by Gasteiger charge is -2.38. The Bertz CT molecular complexity index is 326. The third kappa shape index (κ3) is 3.62. The summed E-state index contributed by atoms with van der Waals surface area (Å²) < 4.78 is 5.32. The normalized spacial score (nSPS) is 19.3. The maximum Gasteiger partial charge on any atom is 0.410 e. The van der Waals surface area contributed by atoms with E-state index in [2.05, 4.69) is 5.32 Å². The Labute approximate surface area is 109 Å². The Morgan fingerprint density at radius 2 is 1.72 bits per heavy atom. The number of piperidine rings is 1. The average Bonchev–Trinajstić information content (AvgIpc) is 2.26. The van der Waals surface area contributed by atoms with Crippen LogP contribution in [0, 0.1) is 5.41 Å². The van der Waals surface area contributed by atoms with Crippen molar-refractivity contribution >= 4 is 12.0 Å². The van der Waals surface area contributed by atoms with Crippen LogP contribution in [-0.2, 0) is 9.53 Å². The first-order valence-corrected chi connectivity index (χ1v) is 6.38. The van der Waals surface area contributed by atoms with Gasteiger partial charge in [0.2, 0.25) is 5.91 Å². The summed E-state index contributed by atoms with van der Waals surface area (Å²) in [7, 11) is 1.65. The van der Waals surface area contributed by atoms with E-state index in [9.17, 15) is 9.59 Å². The van der Waals surface area contributed by atoms with Crippen molar-refractivity contribution in [2.75, 3.05) is 20.1 Å². The first kappa shape index (κ1) is 14.8. The average molecular weight is 256 g/mol. The van der Waals surface area contributed by atoms with Gasteiger partial charge in [-0.15, -0.1) is 0 Å². The molecule has 0 atom stereocenters. The number of hydrogen-bond donors (Lipinski definition) is 1. The molecule has 5 heteroatoms. The Kier molecular flexibility index (Phi) is 4.24. The number of nitrogens with zero attached hydrogens (tertiary/aromatic N) is 1. The molecule has 18 heavy (non-hydrogen) atoms. The summed E-state index contributed by atoms with van der Waals surface area (Å²) in [6.45, 7) is 8.63. The fraction of sp³-hybridized carbons (Fsp3) is 0.846. The Balaban J connectivity index is 2.54. The Morgan fingerprint density at radius 1 is 1.22 bits per heavy atom. The number of likely N-dealkylation sites (tertiary alicyclic amines) is 1. The molecule has 0 saturated carbocycles. The van der Waals surface area contributed by atoms with Crippen LogP contribution >= 0.6 is 0 Å². The van der Waals surface area contributed by atoms with E-state index in [1.165, 1.54) is 0 Å². The van der Waals surface area contributed by atoms with Crippen molar-refractivity contribution in [2.24, 2.45) is 5.41 Å². The fourth-order valence-electron chi connectivity index (χ4n) is 2.04. The SMILES string of the molecule is CNC(=O)C1(C)CCN(C(=O)OC(C)(C)C)CC1. The lowest BCUT2D eigenvalue weighted by Crippen LogP contribution is -2.49. The smallest absolute Gasteiger partial charge is 0.410 e. The van der Waals surface area contributed by atoms with Crippen LogP contribution in [0.5, 0.6) is 0 Å². The van der Waals surface area contributed by atoms with Gasteiger partial charge in [-0.3, -0.25) is 4.79 Å². The predicted molar refractivity (Wildman–Crippen MR) is 69.2 cm³/mol. The van der Waals surface area contributed by atoms with Crippen molar-refractivity contribution in [3.05, 3.63) is 0 Å². The summed E-state index contributed by atoms with van der Waals surface area (Å²) in [5.74, 6) is 0.0475. The molecule has 0 unspecified atom stereocenters. The number of nitrogens with one attached hydrogen (secondary N) is 1. The standard InChI is InChI=1S/C13H24N2O3/c1-12(2,3)18-11(17)15-8-6-13(4,7-9-15)10(16)14-5/h6-9H2,1-5H3,(H,14,16). The number of carbonyl (C=O) groups is 2. The molecule has 5 nitrogen and oxygen atoms in total. The van der Waals surface area contributed by atoms with Gasteiger partial charge in [0.1, 0.15) is 5.60 Å². The summed E-state index contributed by atoms with van der Waals surface area (Å²) in [4.78, 5) is 25.3. The molecule has 1 fully saturated rings. The fourth-order valence-corrected chi connectivity index (χ4v) is 2.04. The topological polar surface area (TPSA) is 58.6 Å². The molecule has 0 aromatic heterocycles. The minimum absolute atomic E-state index is 0.0475. The second kappa shape index (κ2) is 5.16. The molecule has 1 aliphatic rings. The van der Waals surface area contributed by atoms with Gasteiger partial charge in [0.05, 0.1) is 0 Å². The maximum atomic E-state index is 11.9. The number of amides is 2. The minimum atomic E-state index is -0.474. The Morgan fingerprint density at radius 3 is 2.11 bits per heavy atom. The minimum Gasteiger partial charge on any atom is -0.444 e. The van der Waals surface area contributed by atoms with Crippen molar-refractivity contribution in [1.82, 2.24) is 10.2 Å². The van der Waals surface area contributed by atoms with Gasteiger partial charge in [0, 0.05) is 25.6 Å². The van der Waals surface area contributed by atoms with Crippen molar-refractivity contribution < 1.29 is 14.3 Å². The molecule has 0 radical (unpaired) electrons. The van der Waals surface area contributed by atoms with Gasteiger partial charge < -0.3 is 15.0 Å². The zero-order valence-corrected chi connectivity index (χ0v) is 12.0. The summed E-state index contributed by atoms with van der Waals surface area (Å²) in [6.07, 6.45) is 1.05.